The normalized spacial score (nSPS) is 24.2. The Morgan fingerprint density at radius 2 is 1.90 bits per heavy atom. The van der Waals surface area contributed by atoms with Gasteiger partial charge in [-0.1, -0.05) is 19.9 Å². The van der Waals surface area contributed by atoms with Crippen LogP contribution in [0.4, 0.5) is 0 Å². The number of hydrazine groups is 1. The molecule has 4 atom stereocenters. The topological polar surface area (TPSA) is 132 Å². The van der Waals surface area contributed by atoms with E-state index in [4.69, 9.17) is 28.9 Å². The summed E-state index contributed by atoms with van der Waals surface area (Å²) in [6.45, 7) is 16.2. The smallest absolute Gasteiger partial charge is 0.324 e. The fourth-order valence-electron chi connectivity index (χ4n) is 9.40. The number of carbonyl (C=O) groups excluding carboxylic acids is 2. The van der Waals surface area contributed by atoms with E-state index in [0.717, 1.165) is 84.8 Å². The molecule has 0 saturated carbocycles. The molecule has 4 aliphatic rings. The lowest BCUT2D eigenvalue weighted by Gasteiger charge is -2.41. The largest absolute Gasteiger partial charge is 0.464 e. The quantitative estimate of drug-likeness (QED) is 0.181. The van der Waals surface area contributed by atoms with Crippen molar-refractivity contribution in [2.24, 2.45) is 5.41 Å². The van der Waals surface area contributed by atoms with Crippen LogP contribution in [0.3, 0.4) is 0 Å². The van der Waals surface area contributed by atoms with Crippen LogP contribution in [0.15, 0.2) is 35.8 Å². The van der Waals surface area contributed by atoms with Crippen LogP contribution in [0.5, 0.6) is 0 Å². The van der Waals surface area contributed by atoms with Gasteiger partial charge in [0.15, 0.2) is 0 Å². The summed E-state index contributed by atoms with van der Waals surface area (Å²) in [5, 5.41) is 8.66. The highest BCUT2D eigenvalue weighted by Gasteiger charge is 2.39. The van der Waals surface area contributed by atoms with E-state index in [-0.39, 0.29) is 24.6 Å². The molecule has 6 bridgehead atoms. The number of nitrogens with zero attached hydrogens (tertiary/aromatic N) is 5. The number of aryl methyl sites for hydroxylation is 1. The minimum atomic E-state index is -0.720. The second kappa shape index (κ2) is 17.7. The zero-order valence-corrected chi connectivity index (χ0v) is 36.5. The molecule has 14 heteroatoms. The number of hydrogen-bond acceptors (Lipinski definition) is 12. The first-order chi connectivity index (χ1) is 28.5. The Balaban J connectivity index is 1.27. The summed E-state index contributed by atoms with van der Waals surface area (Å²) in [6.07, 6.45) is 5.27. The van der Waals surface area contributed by atoms with Crippen molar-refractivity contribution in [1.29, 1.82) is 0 Å². The minimum absolute atomic E-state index is 0.198. The molecule has 3 fully saturated rings. The molecule has 59 heavy (non-hydrogen) atoms. The van der Waals surface area contributed by atoms with Gasteiger partial charge in [0.25, 0.3) is 5.91 Å². The molecule has 1 aromatic carbocycles. The van der Waals surface area contributed by atoms with Crippen molar-refractivity contribution in [2.75, 3.05) is 60.2 Å². The van der Waals surface area contributed by atoms with E-state index in [1.165, 1.54) is 22.5 Å². The summed E-state index contributed by atoms with van der Waals surface area (Å²) >= 11 is 1.50. The van der Waals surface area contributed by atoms with Gasteiger partial charge in [-0.2, -0.15) is 0 Å². The number of piperidine rings is 1. The molecule has 3 saturated heterocycles. The van der Waals surface area contributed by atoms with E-state index in [0.29, 0.717) is 49.4 Å². The predicted molar refractivity (Wildman–Crippen MR) is 229 cm³/mol. The van der Waals surface area contributed by atoms with Crippen molar-refractivity contribution in [3.8, 4) is 22.5 Å². The maximum absolute atomic E-state index is 14.1. The number of thiazole rings is 1. The summed E-state index contributed by atoms with van der Waals surface area (Å²) in [4.78, 5) is 40.8. The van der Waals surface area contributed by atoms with Crippen molar-refractivity contribution in [3.63, 3.8) is 0 Å². The number of amides is 1. The molecule has 0 unspecified atom stereocenters. The number of ether oxygens (including phenoxy) is 4. The minimum Gasteiger partial charge on any atom is -0.464 e. The Hall–Kier alpha value is -3.76. The number of aromatic nitrogens is 3. The van der Waals surface area contributed by atoms with Crippen LogP contribution in [0.1, 0.15) is 100 Å². The van der Waals surface area contributed by atoms with Crippen molar-refractivity contribution in [3.05, 3.63) is 57.7 Å². The van der Waals surface area contributed by atoms with Crippen molar-refractivity contribution >= 4 is 34.1 Å². The van der Waals surface area contributed by atoms with Crippen molar-refractivity contribution in [2.45, 2.75) is 110 Å². The van der Waals surface area contributed by atoms with Gasteiger partial charge >= 0.3 is 5.97 Å². The number of benzene rings is 1. The van der Waals surface area contributed by atoms with Crippen LogP contribution in [-0.4, -0.2) is 115 Å². The third-order valence-corrected chi connectivity index (χ3v) is 13.7. The van der Waals surface area contributed by atoms with Crippen LogP contribution in [-0.2, 0) is 41.5 Å². The van der Waals surface area contributed by atoms with Crippen LogP contribution in [0.25, 0.3) is 33.4 Å². The summed E-state index contributed by atoms with van der Waals surface area (Å²) in [5.41, 5.74) is 11.3. The van der Waals surface area contributed by atoms with Gasteiger partial charge in [-0.15, -0.1) is 11.3 Å². The predicted octanol–water partition coefficient (Wildman–Crippen LogP) is 6.42. The first kappa shape index (κ1) is 42.0. The number of esters is 1. The van der Waals surface area contributed by atoms with Crippen LogP contribution in [0.2, 0.25) is 0 Å². The molecule has 4 aliphatic heterocycles. The van der Waals surface area contributed by atoms with E-state index < -0.39 is 23.6 Å². The van der Waals surface area contributed by atoms with Crippen LogP contribution < -0.4 is 10.7 Å². The number of nitrogens with one attached hydrogen (secondary N) is 2. The third kappa shape index (κ3) is 8.34. The van der Waals surface area contributed by atoms with Gasteiger partial charge in [0.05, 0.1) is 49.0 Å². The monoisotopic (exact) mass is 827 g/mol. The fourth-order valence-corrected chi connectivity index (χ4v) is 10.3. The first-order valence-electron chi connectivity index (χ1n) is 21.5. The number of cyclic esters (lactones) is 1. The highest BCUT2D eigenvalue weighted by Crippen LogP contribution is 2.44. The van der Waals surface area contributed by atoms with Gasteiger partial charge in [0, 0.05) is 65.8 Å². The lowest BCUT2D eigenvalue weighted by molar-refractivity contribution is -0.156. The molecule has 318 valence electrons. The molecule has 13 nitrogen and oxygen atoms in total. The Morgan fingerprint density at radius 1 is 1.10 bits per heavy atom. The Kier molecular flexibility index (Phi) is 12.6. The molecule has 2 N–H and O–H groups in total. The standard InChI is InChI=1S/C45H61N7O6S/c1-8-51-37-13-12-29-19-32(37)34(40(51)33-20-30(22-47-38(33)27(3)55-7)28-14-17-50(18-15-28)31-23-56-24-31)21-45(4,5)26-58-44(54)35-11-10-16-52(49-35)43(53)39(46-6)41(57-9-2)42-48-36(29)25-59-42/h12-13,19-20,22,25,27-28,31,35,39,41,46,49H,8-11,14-18,21,23-24,26H2,1-7H3/t27-,35-,39-,41-/m0/s1. The molecular weight excluding hydrogens is 767 g/mol. The highest BCUT2D eigenvalue weighted by molar-refractivity contribution is 7.10. The van der Waals surface area contributed by atoms with Crippen molar-refractivity contribution in [1.82, 2.24) is 35.2 Å². The summed E-state index contributed by atoms with van der Waals surface area (Å²) in [5.74, 6) is -0.147. The third-order valence-electron chi connectivity index (χ3n) is 12.8. The van der Waals surface area contributed by atoms with Gasteiger partial charge in [-0.25, -0.2) is 10.4 Å². The maximum atomic E-state index is 14.1. The van der Waals surface area contributed by atoms with Gasteiger partial charge in [0.2, 0.25) is 0 Å². The van der Waals surface area contributed by atoms with E-state index in [1.807, 2.05) is 6.92 Å². The zero-order valence-electron chi connectivity index (χ0n) is 35.7. The van der Waals surface area contributed by atoms with Gasteiger partial charge < -0.3 is 28.8 Å². The van der Waals surface area contributed by atoms with Gasteiger partial charge in [0.1, 0.15) is 23.2 Å². The molecule has 0 spiro atoms. The molecule has 0 radical (unpaired) electrons. The number of fused-ring (bicyclic) bond motifs is 6. The number of hydrogen-bond donors (Lipinski definition) is 2. The second-order valence-electron chi connectivity index (χ2n) is 17.4. The van der Waals surface area contributed by atoms with E-state index in [2.05, 4.69) is 83.7 Å². The van der Waals surface area contributed by atoms with Crippen LogP contribution >= 0.6 is 11.3 Å². The number of likely N-dealkylation sites (tertiary alicyclic amines) is 1. The van der Waals surface area contributed by atoms with Crippen LogP contribution in [0, 0.1) is 5.41 Å². The summed E-state index contributed by atoms with van der Waals surface area (Å²) < 4.78 is 26.4. The van der Waals surface area contributed by atoms with Gasteiger partial charge in [-0.05, 0) is 108 Å². The fraction of sp³-hybridized carbons (Fsp3) is 0.600. The molecule has 4 aromatic rings. The summed E-state index contributed by atoms with van der Waals surface area (Å²) in [7, 11) is 3.51. The SMILES string of the molecule is CCO[C@@H]1c2nc(cs2)-c2ccc3c(c2)c(c(-c2cc(C4CCN(C5COC5)CC4)cnc2[C@H](C)OC)n3CC)CC(C)(C)COC(=O)[C@@H]2CCCN(N2)C(=O)[C@H]1NC. The number of likely N-dealkylation sites (N-methyl/N-ethyl adjacent to an activating group) is 1. The first-order valence-corrected chi connectivity index (χ1v) is 22.4. The molecule has 0 aliphatic carbocycles. The number of methoxy groups -OCH3 is 1. The lowest BCUT2D eigenvalue weighted by atomic mass is 9.83. The number of rotatable bonds is 9. The number of carbonyl (C=O) groups is 2. The molecule has 1 amide bonds. The Morgan fingerprint density at radius 3 is 2.59 bits per heavy atom. The Bertz CT molecular complexity index is 2140. The summed E-state index contributed by atoms with van der Waals surface area (Å²) in [6, 6.07) is 8.20. The second-order valence-corrected chi connectivity index (χ2v) is 18.2. The highest BCUT2D eigenvalue weighted by atomic mass is 32.1. The molecule has 7 heterocycles. The average Bonchev–Trinajstić information content (AvgIpc) is 3.84. The van der Waals surface area contributed by atoms with E-state index in [9.17, 15) is 9.59 Å². The van der Waals surface area contributed by atoms with Gasteiger partial charge in [-0.3, -0.25) is 24.5 Å². The van der Waals surface area contributed by atoms with Crippen molar-refractivity contribution < 1.29 is 28.5 Å². The Labute approximate surface area is 352 Å². The molecule has 3 aromatic heterocycles. The molecule has 8 rings (SSSR count). The number of pyridine rings is 1. The molecular formula is C45H61N7O6S. The zero-order chi connectivity index (χ0) is 41.4. The average molecular weight is 828 g/mol. The lowest BCUT2D eigenvalue weighted by Crippen LogP contribution is -2.60. The van der Waals surface area contributed by atoms with E-state index >= 15 is 0 Å². The maximum Gasteiger partial charge on any atom is 0.324 e. The van der Waals surface area contributed by atoms with E-state index in [1.54, 1.807) is 19.2 Å².